The molecule has 0 atom stereocenters. The number of rotatable bonds is 5. The van der Waals surface area contributed by atoms with Crippen molar-refractivity contribution in [1.29, 1.82) is 0 Å². The molecule has 1 fully saturated rings. The van der Waals surface area contributed by atoms with Crippen molar-refractivity contribution in [3.05, 3.63) is 30.1 Å². The Morgan fingerprint density at radius 2 is 1.82 bits per heavy atom. The third-order valence-corrected chi connectivity index (χ3v) is 3.85. The van der Waals surface area contributed by atoms with Gasteiger partial charge in [-0.3, -0.25) is 4.79 Å². The molecule has 1 aliphatic carbocycles. The van der Waals surface area contributed by atoms with E-state index >= 15 is 0 Å². The monoisotopic (exact) mass is 309 g/mol. The van der Waals surface area contributed by atoms with E-state index in [2.05, 4.69) is 5.32 Å². The fraction of sp³-hybridized carbons (Fsp3) is 0.500. The van der Waals surface area contributed by atoms with Gasteiger partial charge in [0.1, 0.15) is 17.1 Å². The van der Waals surface area contributed by atoms with E-state index in [1.54, 1.807) is 0 Å². The highest BCUT2D eigenvalue weighted by Gasteiger charge is 2.41. The molecule has 0 unspecified atom stereocenters. The van der Waals surface area contributed by atoms with E-state index in [1.165, 1.54) is 31.4 Å². The molecule has 0 bridgehead atoms. The average molecular weight is 309 g/mol. The van der Waals surface area contributed by atoms with Crippen molar-refractivity contribution in [2.75, 3.05) is 13.7 Å². The molecular formula is C16H20FNO4. The fourth-order valence-electron chi connectivity index (χ4n) is 2.71. The van der Waals surface area contributed by atoms with Crippen molar-refractivity contribution in [3.63, 3.8) is 0 Å². The lowest BCUT2D eigenvalue weighted by Gasteiger charge is -2.35. The fourth-order valence-corrected chi connectivity index (χ4v) is 2.71. The Kier molecular flexibility index (Phi) is 5.35. The van der Waals surface area contributed by atoms with E-state index in [1.807, 2.05) is 0 Å². The van der Waals surface area contributed by atoms with Gasteiger partial charge in [0.15, 0.2) is 6.61 Å². The highest BCUT2D eigenvalue weighted by Crippen LogP contribution is 2.29. The Morgan fingerprint density at radius 3 is 2.41 bits per heavy atom. The maximum absolute atomic E-state index is 12.8. The molecule has 1 aliphatic rings. The van der Waals surface area contributed by atoms with E-state index in [0.717, 1.165) is 19.3 Å². The largest absolute Gasteiger partial charge is 0.484 e. The molecule has 0 radical (unpaired) electrons. The molecule has 120 valence electrons. The second-order valence-corrected chi connectivity index (χ2v) is 5.43. The molecule has 22 heavy (non-hydrogen) atoms. The summed E-state index contributed by atoms with van der Waals surface area (Å²) in [4.78, 5) is 24.1. The van der Waals surface area contributed by atoms with Gasteiger partial charge in [-0.05, 0) is 37.1 Å². The Labute approximate surface area is 128 Å². The van der Waals surface area contributed by atoms with Crippen molar-refractivity contribution in [1.82, 2.24) is 5.32 Å². The molecule has 0 aromatic heterocycles. The molecule has 1 saturated carbocycles. The Morgan fingerprint density at radius 1 is 1.18 bits per heavy atom. The lowest BCUT2D eigenvalue weighted by molar-refractivity contribution is -0.152. The van der Waals surface area contributed by atoms with Gasteiger partial charge < -0.3 is 14.8 Å². The first-order valence-corrected chi connectivity index (χ1v) is 7.33. The maximum atomic E-state index is 12.8. The summed E-state index contributed by atoms with van der Waals surface area (Å²) in [6, 6.07) is 5.40. The second-order valence-electron chi connectivity index (χ2n) is 5.43. The van der Waals surface area contributed by atoms with Crippen LogP contribution >= 0.6 is 0 Å². The molecule has 1 amide bonds. The summed E-state index contributed by atoms with van der Waals surface area (Å²) in [5, 5.41) is 2.75. The van der Waals surface area contributed by atoms with Crippen LogP contribution in [0.5, 0.6) is 5.75 Å². The van der Waals surface area contributed by atoms with Crippen molar-refractivity contribution in [3.8, 4) is 5.75 Å². The summed E-state index contributed by atoms with van der Waals surface area (Å²) in [7, 11) is 1.32. The minimum atomic E-state index is -0.948. The Hall–Kier alpha value is -2.11. The van der Waals surface area contributed by atoms with Crippen molar-refractivity contribution in [2.24, 2.45) is 0 Å². The number of hydrogen-bond donors (Lipinski definition) is 1. The summed E-state index contributed by atoms with van der Waals surface area (Å²) >= 11 is 0. The van der Waals surface area contributed by atoms with Gasteiger partial charge in [0.2, 0.25) is 0 Å². The lowest BCUT2D eigenvalue weighted by atomic mass is 9.81. The van der Waals surface area contributed by atoms with Gasteiger partial charge in [0.05, 0.1) is 7.11 Å². The zero-order chi connectivity index (χ0) is 16.0. The maximum Gasteiger partial charge on any atom is 0.331 e. The van der Waals surface area contributed by atoms with E-state index in [-0.39, 0.29) is 12.4 Å². The quantitative estimate of drug-likeness (QED) is 0.847. The van der Waals surface area contributed by atoms with Gasteiger partial charge in [-0.1, -0.05) is 19.3 Å². The van der Waals surface area contributed by atoms with Crippen LogP contribution in [0.15, 0.2) is 24.3 Å². The van der Waals surface area contributed by atoms with Crippen LogP contribution < -0.4 is 10.1 Å². The molecule has 1 aromatic carbocycles. The number of methoxy groups -OCH3 is 1. The number of carbonyl (C=O) groups excluding carboxylic acids is 2. The lowest BCUT2D eigenvalue weighted by Crippen LogP contribution is -2.57. The minimum absolute atomic E-state index is 0.232. The number of halogens is 1. The van der Waals surface area contributed by atoms with E-state index in [9.17, 15) is 14.0 Å². The van der Waals surface area contributed by atoms with E-state index in [4.69, 9.17) is 9.47 Å². The summed E-state index contributed by atoms with van der Waals surface area (Å²) in [6.07, 6.45) is 3.92. The predicted molar refractivity (Wildman–Crippen MR) is 77.9 cm³/mol. The number of hydrogen-bond acceptors (Lipinski definition) is 4. The zero-order valence-electron chi connectivity index (χ0n) is 12.6. The van der Waals surface area contributed by atoms with Crippen LogP contribution in [0.25, 0.3) is 0 Å². The molecule has 0 aliphatic heterocycles. The molecule has 2 rings (SSSR count). The first-order valence-electron chi connectivity index (χ1n) is 7.33. The number of carbonyl (C=O) groups is 2. The summed E-state index contributed by atoms with van der Waals surface area (Å²) < 4.78 is 22.9. The van der Waals surface area contributed by atoms with Crippen LogP contribution in [0, 0.1) is 5.82 Å². The molecule has 0 saturated heterocycles. The first-order chi connectivity index (χ1) is 10.6. The molecular weight excluding hydrogens is 289 g/mol. The first kappa shape index (κ1) is 16.3. The number of ether oxygens (including phenoxy) is 2. The smallest absolute Gasteiger partial charge is 0.331 e. The van der Waals surface area contributed by atoms with Gasteiger partial charge in [0.25, 0.3) is 5.91 Å². The summed E-state index contributed by atoms with van der Waals surface area (Å²) in [5.41, 5.74) is -0.948. The highest BCUT2D eigenvalue weighted by molar-refractivity contribution is 5.88. The van der Waals surface area contributed by atoms with Crippen molar-refractivity contribution >= 4 is 11.9 Å². The standard InChI is InChI=1S/C16H20FNO4/c1-21-15(20)16(9-3-2-4-10-16)18-14(19)11-22-13-7-5-12(17)6-8-13/h5-8H,2-4,9-11H2,1H3,(H,18,19). The van der Waals surface area contributed by atoms with Gasteiger partial charge >= 0.3 is 5.97 Å². The van der Waals surface area contributed by atoms with Crippen LogP contribution in [-0.2, 0) is 14.3 Å². The topological polar surface area (TPSA) is 64.6 Å². The van der Waals surface area contributed by atoms with Crippen molar-refractivity contribution < 1.29 is 23.5 Å². The van der Waals surface area contributed by atoms with Gasteiger partial charge in [-0.15, -0.1) is 0 Å². The Balaban J connectivity index is 1.93. The number of benzene rings is 1. The third-order valence-electron chi connectivity index (χ3n) is 3.85. The highest BCUT2D eigenvalue weighted by atomic mass is 19.1. The zero-order valence-corrected chi connectivity index (χ0v) is 12.6. The third kappa shape index (κ3) is 3.96. The van der Waals surface area contributed by atoms with Crippen molar-refractivity contribution in [2.45, 2.75) is 37.6 Å². The molecule has 1 aromatic rings. The van der Waals surface area contributed by atoms with E-state index < -0.39 is 17.4 Å². The van der Waals surface area contributed by atoms with Gasteiger partial charge in [0, 0.05) is 0 Å². The normalized spacial score (nSPS) is 16.6. The SMILES string of the molecule is COC(=O)C1(NC(=O)COc2ccc(F)cc2)CCCCC1. The molecule has 6 heteroatoms. The summed E-state index contributed by atoms with van der Waals surface area (Å²) in [5.74, 6) is -0.782. The predicted octanol–water partition coefficient (Wildman–Crippen LogP) is 2.20. The second kappa shape index (κ2) is 7.24. The van der Waals surface area contributed by atoms with Crippen LogP contribution in [0.1, 0.15) is 32.1 Å². The molecule has 1 N–H and O–H groups in total. The minimum Gasteiger partial charge on any atom is -0.484 e. The van der Waals surface area contributed by atoms with Crippen LogP contribution in [0.4, 0.5) is 4.39 Å². The molecule has 0 heterocycles. The van der Waals surface area contributed by atoms with Crippen LogP contribution in [0.3, 0.4) is 0 Å². The number of nitrogens with one attached hydrogen (secondary N) is 1. The number of amides is 1. The van der Waals surface area contributed by atoms with E-state index in [0.29, 0.717) is 18.6 Å². The molecule has 0 spiro atoms. The number of esters is 1. The summed E-state index contributed by atoms with van der Waals surface area (Å²) in [6.45, 7) is -0.232. The van der Waals surface area contributed by atoms with Crippen LogP contribution in [0.2, 0.25) is 0 Å². The van der Waals surface area contributed by atoms with Gasteiger partial charge in [-0.2, -0.15) is 0 Å². The molecule has 5 nitrogen and oxygen atoms in total. The van der Waals surface area contributed by atoms with Gasteiger partial charge in [-0.25, -0.2) is 9.18 Å². The van der Waals surface area contributed by atoms with Crippen LogP contribution in [-0.4, -0.2) is 31.1 Å². The average Bonchev–Trinajstić information content (AvgIpc) is 2.54. The Bertz CT molecular complexity index is 523.